The SMILES string of the molecule is CCCNC1(C(F)F)CCc2ccc(OC)cc2C1. The first-order chi connectivity index (χ1) is 9.11. The minimum Gasteiger partial charge on any atom is -0.497 e. The minimum absolute atomic E-state index is 0.372. The fourth-order valence-corrected chi connectivity index (χ4v) is 2.71. The lowest BCUT2D eigenvalue weighted by Gasteiger charge is -2.38. The van der Waals surface area contributed by atoms with Crippen LogP contribution in [0.3, 0.4) is 0 Å². The summed E-state index contributed by atoms with van der Waals surface area (Å²) in [4.78, 5) is 0. The van der Waals surface area contributed by atoms with E-state index >= 15 is 0 Å². The van der Waals surface area contributed by atoms with Crippen molar-refractivity contribution in [3.8, 4) is 5.75 Å². The van der Waals surface area contributed by atoms with Gasteiger partial charge in [-0.2, -0.15) is 0 Å². The Morgan fingerprint density at radius 2 is 2.16 bits per heavy atom. The Bertz CT molecular complexity index is 436. The van der Waals surface area contributed by atoms with Crippen LogP contribution in [0.15, 0.2) is 18.2 Å². The first kappa shape index (κ1) is 14.3. The van der Waals surface area contributed by atoms with E-state index in [0.717, 1.165) is 23.3 Å². The number of ether oxygens (including phenoxy) is 1. The maximum absolute atomic E-state index is 13.5. The van der Waals surface area contributed by atoms with E-state index < -0.39 is 12.0 Å². The van der Waals surface area contributed by atoms with E-state index in [4.69, 9.17) is 4.74 Å². The van der Waals surface area contributed by atoms with E-state index in [9.17, 15) is 8.78 Å². The third-order valence-electron chi connectivity index (χ3n) is 3.90. The smallest absolute Gasteiger partial charge is 0.256 e. The average Bonchev–Trinajstić information content (AvgIpc) is 2.43. The molecular formula is C15H21F2NO. The molecule has 1 aliphatic carbocycles. The summed E-state index contributed by atoms with van der Waals surface area (Å²) in [6, 6.07) is 5.77. The van der Waals surface area contributed by atoms with Crippen LogP contribution in [0.5, 0.6) is 5.75 Å². The molecular weight excluding hydrogens is 248 g/mol. The first-order valence-corrected chi connectivity index (χ1v) is 6.80. The van der Waals surface area contributed by atoms with Crippen LogP contribution >= 0.6 is 0 Å². The molecule has 0 heterocycles. The van der Waals surface area contributed by atoms with Gasteiger partial charge in [-0.05, 0) is 55.5 Å². The summed E-state index contributed by atoms with van der Waals surface area (Å²) in [5.74, 6) is 0.735. The van der Waals surface area contributed by atoms with Crippen LogP contribution in [0.1, 0.15) is 30.9 Å². The normalized spacial score (nSPS) is 22.4. The van der Waals surface area contributed by atoms with Gasteiger partial charge in [0.2, 0.25) is 0 Å². The monoisotopic (exact) mass is 269 g/mol. The quantitative estimate of drug-likeness (QED) is 0.886. The van der Waals surface area contributed by atoms with Gasteiger partial charge < -0.3 is 10.1 Å². The molecule has 1 unspecified atom stereocenters. The van der Waals surface area contributed by atoms with E-state index in [1.165, 1.54) is 0 Å². The zero-order valence-corrected chi connectivity index (χ0v) is 11.5. The van der Waals surface area contributed by atoms with E-state index in [0.29, 0.717) is 25.8 Å². The molecule has 0 spiro atoms. The van der Waals surface area contributed by atoms with Crippen LogP contribution in [-0.2, 0) is 12.8 Å². The summed E-state index contributed by atoms with van der Waals surface area (Å²) in [5.41, 5.74) is 1.07. The lowest BCUT2D eigenvalue weighted by molar-refractivity contribution is 0.0209. The average molecular weight is 269 g/mol. The second-order valence-electron chi connectivity index (χ2n) is 5.20. The summed E-state index contributed by atoms with van der Waals surface area (Å²) in [5, 5.41) is 3.07. The minimum atomic E-state index is -2.35. The van der Waals surface area contributed by atoms with E-state index in [-0.39, 0.29) is 0 Å². The molecule has 1 N–H and O–H groups in total. The molecule has 1 atom stereocenters. The number of alkyl halides is 2. The van der Waals surface area contributed by atoms with E-state index in [1.807, 2.05) is 25.1 Å². The van der Waals surface area contributed by atoms with Crippen molar-refractivity contribution in [2.24, 2.45) is 0 Å². The lowest BCUT2D eigenvalue weighted by atomic mass is 9.78. The Balaban J connectivity index is 2.26. The van der Waals surface area contributed by atoms with Crippen molar-refractivity contribution in [2.45, 2.75) is 44.6 Å². The number of nitrogens with one attached hydrogen (secondary N) is 1. The van der Waals surface area contributed by atoms with Crippen molar-refractivity contribution in [2.75, 3.05) is 13.7 Å². The fraction of sp³-hybridized carbons (Fsp3) is 0.600. The highest BCUT2D eigenvalue weighted by Gasteiger charge is 2.42. The molecule has 106 valence electrons. The Morgan fingerprint density at radius 3 is 2.79 bits per heavy atom. The zero-order chi connectivity index (χ0) is 13.9. The highest BCUT2D eigenvalue weighted by atomic mass is 19.3. The number of aryl methyl sites for hydroxylation is 1. The predicted molar refractivity (Wildman–Crippen MR) is 72.0 cm³/mol. The number of hydrogen-bond acceptors (Lipinski definition) is 2. The van der Waals surface area contributed by atoms with Crippen molar-refractivity contribution in [3.63, 3.8) is 0 Å². The van der Waals surface area contributed by atoms with Crippen molar-refractivity contribution < 1.29 is 13.5 Å². The molecule has 0 radical (unpaired) electrons. The van der Waals surface area contributed by atoms with Crippen molar-refractivity contribution in [3.05, 3.63) is 29.3 Å². The van der Waals surface area contributed by atoms with Crippen LogP contribution in [0.4, 0.5) is 8.78 Å². The number of halogens is 2. The van der Waals surface area contributed by atoms with Crippen molar-refractivity contribution >= 4 is 0 Å². The molecule has 0 aromatic heterocycles. The van der Waals surface area contributed by atoms with Gasteiger partial charge in [-0.3, -0.25) is 0 Å². The second kappa shape index (κ2) is 5.87. The topological polar surface area (TPSA) is 21.3 Å². The van der Waals surface area contributed by atoms with E-state index in [1.54, 1.807) is 7.11 Å². The molecule has 0 amide bonds. The number of fused-ring (bicyclic) bond motifs is 1. The first-order valence-electron chi connectivity index (χ1n) is 6.80. The van der Waals surface area contributed by atoms with Gasteiger partial charge in [0.25, 0.3) is 6.43 Å². The highest BCUT2D eigenvalue weighted by Crippen LogP contribution is 2.34. The Morgan fingerprint density at radius 1 is 1.37 bits per heavy atom. The van der Waals surface area contributed by atoms with Gasteiger partial charge in [-0.1, -0.05) is 13.0 Å². The second-order valence-corrected chi connectivity index (χ2v) is 5.20. The molecule has 0 saturated heterocycles. The van der Waals surface area contributed by atoms with Crippen LogP contribution in [0.2, 0.25) is 0 Å². The molecule has 1 aliphatic rings. The standard InChI is InChI=1S/C15H21F2NO/c1-3-8-18-15(14(16)17)7-6-11-4-5-13(19-2)9-12(11)10-15/h4-5,9,14,18H,3,6-8,10H2,1-2H3. The molecule has 1 aromatic rings. The summed E-state index contributed by atoms with van der Waals surface area (Å²) in [6.45, 7) is 2.62. The summed E-state index contributed by atoms with van der Waals surface area (Å²) in [6.07, 6.45) is 0.0690. The Labute approximate surface area is 113 Å². The molecule has 0 aliphatic heterocycles. The largest absolute Gasteiger partial charge is 0.497 e. The van der Waals surface area contributed by atoms with Gasteiger partial charge in [-0.25, -0.2) is 8.78 Å². The number of methoxy groups -OCH3 is 1. The third kappa shape index (κ3) is 2.89. The molecule has 2 nitrogen and oxygen atoms in total. The van der Waals surface area contributed by atoms with Gasteiger partial charge in [0.05, 0.1) is 12.6 Å². The van der Waals surface area contributed by atoms with Crippen molar-refractivity contribution in [1.29, 1.82) is 0 Å². The number of rotatable bonds is 5. The molecule has 0 fully saturated rings. The molecule has 0 bridgehead atoms. The van der Waals surface area contributed by atoms with Crippen LogP contribution in [0, 0.1) is 0 Å². The third-order valence-corrected chi connectivity index (χ3v) is 3.90. The lowest BCUT2D eigenvalue weighted by Crippen LogP contribution is -2.55. The highest BCUT2D eigenvalue weighted by molar-refractivity contribution is 5.39. The number of benzene rings is 1. The molecule has 19 heavy (non-hydrogen) atoms. The zero-order valence-electron chi connectivity index (χ0n) is 11.5. The molecule has 4 heteroatoms. The van der Waals surface area contributed by atoms with Gasteiger partial charge in [0.1, 0.15) is 5.75 Å². The maximum Gasteiger partial charge on any atom is 0.256 e. The Kier molecular flexibility index (Phi) is 4.40. The predicted octanol–water partition coefficient (Wildman–Crippen LogP) is 3.19. The van der Waals surface area contributed by atoms with Gasteiger partial charge in [0, 0.05) is 0 Å². The van der Waals surface area contributed by atoms with E-state index in [2.05, 4.69) is 5.32 Å². The Hall–Kier alpha value is -1.16. The van der Waals surface area contributed by atoms with Crippen LogP contribution in [0.25, 0.3) is 0 Å². The molecule has 0 saturated carbocycles. The number of hydrogen-bond donors (Lipinski definition) is 1. The van der Waals surface area contributed by atoms with Crippen molar-refractivity contribution in [1.82, 2.24) is 5.32 Å². The maximum atomic E-state index is 13.5. The molecule has 1 aromatic carbocycles. The fourth-order valence-electron chi connectivity index (χ4n) is 2.71. The van der Waals surface area contributed by atoms with Gasteiger partial charge >= 0.3 is 0 Å². The van der Waals surface area contributed by atoms with Gasteiger partial charge in [-0.15, -0.1) is 0 Å². The molecule has 2 rings (SSSR count). The van der Waals surface area contributed by atoms with Crippen LogP contribution in [-0.4, -0.2) is 25.6 Å². The summed E-state index contributed by atoms with van der Waals surface area (Å²) < 4.78 is 32.1. The summed E-state index contributed by atoms with van der Waals surface area (Å²) >= 11 is 0. The van der Waals surface area contributed by atoms with Gasteiger partial charge in [0.15, 0.2) is 0 Å². The summed E-state index contributed by atoms with van der Waals surface area (Å²) in [7, 11) is 1.60. The van der Waals surface area contributed by atoms with Crippen LogP contribution < -0.4 is 10.1 Å².